The number of benzene rings is 1. The lowest BCUT2D eigenvalue weighted by atomic mass is 10.2. The van der Waals surface area contributed by atoms with E-state index in [1.165, 1.54) is 4.90 Å². The molecule has 10 heteroatoms. The van der Waals surface area contributed by atoms with Gasteiger partial charge in [-0.2, -0.15) is 0 Å². The first-order valence-electron chi connectivity index (χ1n) is 10.3. The lowest BCUT2D eigenvalue weighted by Gasteiger charge is -2.27. The van der Waals surface area contributed by atoms with Gasteiger partial charge in [0.25, 0.3) is 0 Å². The van der Waals surface area contributed by atoms with E-state index in [9.17, 15) is 9.59 Å². The highest BCUT2D eigenvalue weighted by Gasteiger charge is 2.29. The summed E-state index contributed by atoms with van der Waals surface area (Å²) in [5.74, 6) is 0.436. The van der Waals surface area contributed by atoms with Crippen LogP contribution in [0.5, 0.6) is 0 Å². The first kappa shape index (κ1) is 21.9. The van der Waals surface area contributed by atoms with Crippen molar-refractivity contribution in [3.05, 3.63) is 47.7 Å². The third-order valence-corrected chi connectivity index (χ3v) is 5.20. The van der Waals surface area contributed by atoms with Gasteiger partial charge in [0.05, 0.1) is 17.4 Å². The Kier molecular flexibility index (Phi) is 5.92. The second kappa shape index (κ2) is 8.66. The number of rotatable bonds is 5. The Balaban J connectivity index is 1.75. The fraction of sp³-hybridized carbons (Fsp3) is 0.364. The number of carbonyl (C=O) groups excluding carboxylic acids is 2. The van der Waals surface area contributed by atoms with Gasteiger partial charge in [-0.1, -0.05) is 11.6 Å². The average molecular weight is 457 g/mol. The first-order valence-corrected chi connectivity index (χ1v) is 10.7. The molecule has 0 saturated carbocycles. The van der Waals surface area contributed by atoms with Crippen molar-refractivity contribution in [2.45, 2.75) is 26.4 Å². The fourth-order valence-corrected chi connectivity index (χ4v) is 3.60. The molecule has 4 rings (SSSR count). The molecule has 168 valence electrons. The number of nitrogens with zero attached hydrogens (tertiary/aromatic N) is 5. The highest BCUT2D eigenvalue weighted by Crippen LogP contribution is 2.29. The van der Waals surface area contributed by atoms with Crippen molar-refractivity contribution in [1.82, 2.24) is 25.0 Å². The van der Waals surface area contributed by atoms with Crippen molar-refractivity contribution in [2.24, 2.45) is 0 Å². The van der Waals surface area contributed by atoms with Gasteiger partial charge in [0.1, 0.15) is 5.60 Å². The normalized spacial score (nSPS) is 14.0. The van der Waals surface area contributed by atoms with E-state index in [2.05, 4.69) is 10.3 Å². The number of pyridine rings is 1. The third-order valence-electron chi connectivity index (χ3n) is 4.94. The topological polar surface area (TPSA) is 92.6 Å². The van der Waals surface area contributed by atoms with Gasteiger partial charge in [-0.3, -0.25) is 9.88 Å². The lowest BCUT2D eigenvalue weighted by molar-refractivity contribution is 0.0577. The molecule has 0 aliphatic carbocycles. The molecular formula is C22H25ClN6O3. The minimum absolute atomic E-state index is 0.144. The maximum Gasteiger partial charge on any atom is 0.416 e. The van der Waals surface area contributed by atoms with Gasteiger partial charge in [-0.25, -0.2) is 14.3 Å². The van der Waals surface area contributed by atoms with E-state index >= 15 is 0 Å². The monoisotopic (exact) mass is 456 g/mol. The molecule has 3 aromatic rings. The number of fused-ring (bicyclic) bond motifs is 1. The first-order chi connectivity index (χ1) is 15.2. The van der Waals surface area contributed by atoms with Crippen LogP contribution in [0.4, 0.5) is 15.4 Å². The van der Waals surface area contributed by atoms with Gasteiger partial charge in [-0.05, 0) is 51.1 Å². The van der Waals surface area contributed by atoms with Crippen LogP contribution in [0.15, 0.2) is 42.7 Å². The molecule has 3 heterocycles. The van der Waals surface area contributed by atoms with E-state index in [4.69, 9.17) is 21.4 Å². The molecule has 0 spiro atoms. The van der Waals surface area contributed by atoms with Crippen molar-refractivity contribution < 1.29 is 14.3 Å². The number of hydrogen-bond donors (Lipinski definition) is 1. The smallest absolute Gasteiger partial charge is 0.416 e. The van der Waals surface area contributed by atoms with Crippen LogP contribution in [0.1, 0.15) is 20.8 Å². The standard InChI is InChI=1S/C22H25ClN6O3/c1-22(2,3)32-21(31)28(13-12-27-11-10-25-20(27)30)19-17-8-9-24-14-18(17)29(26-19)16-6-4-15(23)5-7-16/h4-9,14H,10-13H2,1-3H3,(H,25,30). The maximum absolute atomic E-state index is 13.2. The second-order valence-electron chi connectivity index (χ2n) is 8.46. The molecule has 1 N–H and O–H groups in total. The molecule has 0 atom stereocenters. The Morgan fingerprint density at radius 2 is 2.00 bits per heavy atom. The van der Waals surface area contributed by atoms with Gasteiger partial charge in [0, 0.05) is 42.8 Å². The van der Waals surface area contributed by atoms with Crippen LogP contribution in [0, 0.1) is 0 Å². The molecule has 0 unspecified atom stereocenters. The van der Waals surface area contributed by atoms with Crippen LogP contribution in [0.3, 0.4) is 0 Å². The lowest BCUT2D eigenvalue weighted by Crippen LogP contribution is -2.42. The summed E-state index contributed by atoms with van der Waals surface area (Å²) in [7, 11) is 0. The van der Waals surface area contributed by atoms with E-state index in [1.54, 1.807) is 34.1 Å². The molecule has 1 saturated heterocycles. The molecule has 2 aromatic heterocycles. The van der Waals surface area contributed by atoms with Gasteiger partial charge in [0.15, 0.2) is 5.82 Å². The van der Waals surface area contributed by atoms with E-state index < -0.39 is 11.7 Å². The van der Waals surface area contributed by atoms with E-state index in [0.29, 0.717) is 30.5 Å². The summed E-state index contributed by atoms with van der Waals surface area (Å²) < 4.78 is 7.38. The van der Waals surface area contributed by atoms with Crippen LogP contribution < -0.4 is 10.2 Å². The minimum atomic E-state index is -0.684. The van der Waals surface area contributed by atoms with Crippen molar-refractivity contribution >= 4 is 40.4 Å². The van der Waals surface area contributed by atoms with Crippen LogP contribution in [0.2, 0.25) is 5.02 Å². The number of urea groups is 1. The third kappa shape index (κ3) is 4.62. The number of aromatic nitrogens is 3. The van der Waals surface area contributed by atoms with Crippen LogP contribution in [-0.2, 0) is 4.74 Å². The zero-order valence-corrected chi connectivity index (χ0v) is 19.0. The second-order valence-corrected chi connectivity index (χ2v) is 8.89. The van der Waals surface area contributed by atoms with Crippen molar-refractivity contribution in [1.29, 1.82) is 0 Å². The highest BCUT2D eigenvalue weighted by molar-refractivity contribution is 6.30. The Bertz CT molecular complexity index is 1140. The molecule has 0 radical (unpaired) electrons. The molecular weight excluding hydrogens is 432 g/mol. The number of carbonyl (C=O) groups is 2. The summed E-state index contributed by atoms with van der Waals surface area (Å²) >= 11 is 6.04. The SMILES string of the molecule is CC(C)(C)OC(=O)N(CCN1CCNC1=O)c1nn(-c2ccc(Cl)cc2)c2cnccc12. The Morgan fingerprint density at radius 3 is 2.66 bits per heavy atom. The fourth-order valence-electron chi connectivity index (χ4n) is 3.47. The van der Waals surface area contributed by atoms with Gasteiger partial charge in [0.2, 0.25) is 0 Å². The summed E-state index contributed by atoms with van der Waals surface area (Å²) in [6.45, 7) is 7.20. The molecule has 9 nitrogen and oxygen atoms in total. The number of halogens is 1. The summed E-state index contributed by atoms with van der Waals surface area (Å²) in [4.78, 5) is 32.5. The number of nitrogens with one attached hydrogen (secondary N) is 1. The average Bonchev–Trinajstić information content (AvgIpc) is 3.32. The number of hydrogen-bond acceptors (Lipinski definition) is 5. The predicted octanol–water partition coefficient (Wildman–Crippen LogP) is 3.84. The molecule has 1 fully saturated rings. The Labute approximate surface area is 190 Å². The van der Waals surface area contributed by atoms with Crippen molar-refractivity contribution in [2.75, 3.05) is 31.1 Å². The Morgan fingerprint density at radius 1 is 1.25 bits per heavy atom. The zero-order valence-electron chi connectivity index (χ0n) is 18.2. The largest absolute Gasteiger partial charge is 0.443 e. The van der Waals surface area contributed by atoms with E-state index in [-0.39, 0.29) is 12.6 Å². The van der Waals surface area contributed by atoms with Crippen LogP contribution >= 0.6 is 11.6 Å². The maximum atomic E-state index is 13.2. The molecule has 1 aliphatic heterocycles. The van der Waals surface area contributed by atoms with E-state index in [0.717, 1.165) is 16.6 Å². The van der Waals surface area contributed by atoms with Crippen molar-refractivity contribution in [3.8, 4) is 5.69 Å². The zero-order chi connectivity index (χ0) is 22.9. The molecule has 3 amide bonds. The van der Waals surface area contributed by atoms with Gasteiger partial charge in [-0.15, -0.1) is 5.10 Å². The summed E-state index contributed by atoms with van der Waals surface area (Å²) in [5, 5.41) is 8.87. The summed E-state index contributed by atoms with van der Waals surface area (Å²) in [6.07, 6.45) is 2.82. The number of anilines is 1. The van der Waals surface area contributed by atoms with E-state index in [1.807, 2.05) is 39.0 Å². The number of amides is 3. The quantitative estimate of drug-likeness (QED) is 0.629. The molecule has 1 aromatic carbocycles. The predicted molar refractivity (Wildman–Crippen MR) is 122 cm³/mol. The summed E-state index contributed by atoms with van der Waals surface area (Å²) in [6, 6.07) is 8.91. The van der Waals surface area contributed by atoms with Crippen LogP contribution in [0.25, 0.3) is 16.6 Å². The van der Waals surface area contributed by atoms with Crippen LogP contribution in [-0.4, -0.2) is 63.6 Å². The summed E-state index contributed by atoms with van der Waals surface area (Å²) in [5.41, 5.74) is 0.829. The highest BCUT2D eigenvalue weighted by atomic mass is 35.5. The van der Waals surface area contributed by atoms with Gasteiger partial charge < -0.3 is 15.0 Å². The van der Waals surface area contributed by atoms with Crippen molar-refractivity contribution in [3.63, 3.8) is 0 Å². The number of ether oxygens (including phenoxy) is 1. The van der Waals surface area contributed by atoms with Gasteiger partial charge >= 0.3 is 12.1 Å². The molecule has 0 bridgehead atoms. The molecule has 1 aliphatic rings. The Hall–Kier alpha value is -3.33. The molecule has 32 heavy (non-hydrogen) atoms. The minimum Gasteiger partial charge on any atom is -0.443 e.